The van der Waals surface area contributed by atoms with Crippen molar-refractivity contribution in [3.8, 4) is 0 Å². The molecule has 3 nitrogen and oxygen atoms in total. The average molecular weight is 254 g/mol. The van der Waals surface area contributed by atoms with E-state index in [-0.39, 0.29) is 0 Å². The zero-order valence-electron chi connectivity index (χ0n) is 12.5. The minimum Gasteiger partial charge on any atom is -0.342 e. The third-order valence-corrected chi connectivity index (χ3v) is 3.39. The van der Waals surface area contributed by atoms with E-state index >= 15 is 0 Å². The van der Waals surface area contributed by atoms with E-state index in [0.717, 1.165) is 32.6 Å². The summed E-state index contributed by atoms with van der Waals surface area (Å²) in [6.45, 7) is 12.7. The molecule has 0 bridgehead atoms. The van der Waals surface area contributed by atoms with Crippen molar-refractivity contribution in [2.24, 2.45) is 17.8 Å². The maximum Gasteiger partial charge on any atom is 0.222 e. The van der Waals surface area contributed by atoms with Crippen LogP contribution in [0.4, 0.5) is 0 Å². The highest BCUT2D eigenvalue weighted by atomic mass is 16.2. The van der Waals surface area contributed by atoms with Gasteiger partial charge in [-0.3, -0.25) is 4.79 Å². The summed E-state index contributed by atoms with van der Waals surface area (Å²) in [4.78, 5) is 14.5. The van der Waals surface area contributed by atoms with Crippen LogP contribution in [0.5, 0.6) is 0 Å². The predicted octanol–water partition coefficient (Wildman–Crippen LogP) is 2.52. The first-order valence-electron chi connectivity index (χ1n) is 7.47. The fourth-order valence-electron chi connectivity index (χ4n) is 2.63. The number of nitrogens with zero attached hydrogens (tertiary/aromatic N) is 1. The number of nitrogens with one attached hydrogen (secondary N) is 1. The van der Waals surface area contributed by atoms with E-state index in [2.05, 4.69) is 37.9 Å². The molecule has 1 amide bonds. The number of rotatable bonds is 6. The van der Waals surface area contributed by atoms with E-state index in [4.69, 9.17) is 0 Å². The molecule has 0 aromatic rings. The second kappa shape index (κ2) is 7.78. The van der Waals surface area contributed by atoms with Gasteiger partial charge in [0.1, 0.15) is 0 Å². The predicted molar refractivity (Wildman–Crippen MR) is 76.5 cm³/mol. The van der Waals surface area contributed by atoms with Crippen LogP contribution in [-0.2, 0) is 4.79 Å². The van der Waals surface area contributed by atoms with Crippen LogP contribution in [0.1, 0.15) is 47.0 Å². The van der Waals surface area contributed by atoms with Gasteiger partial charge >= 0.3 is 0 Å². The Kier molecular flexibility index (Phi) is 6.69. The molecule has 1 atom stereocenters. The number of hydrogen-bond donors (Lipinski definition) is 1. The molecule has 0 aliphatic carbocycles. The van der Waals surface area contributed by atoms with Crippen LogP contribution in [0.2, 0.25) is 0 Å². The zero-order chi connectivity index (χ0) is 13.5. The molecular formula is C15H30N2O. The highest BCUT2D eigenvalue weighted by Gasteiger charge is 2.21. The van der Waals surface area contributed by atoms with Crippen molar-refractivity contribution in [1.82, 2.24) is 10.2 Å². The lowest BCUT2D eigenvalue weighted by Crippen LogP contribution is -2.40. The molecule has 18 heavy (non-hydrogen) atoms. The molecule has 0 aromatic carbocycles. The molecule has 106 valence electrons. The van der Waals surface area contributed by atoms with Crippen molar-refractivity contribution in [1.29, 1.82) is 0 Å². The Morgan fingerprint density at radius 3 is 2.28 bits per heavy atom. The molecule has 0 spiro atoms. The lowest BCUT2D eigenvalue weighted by atomic mass is 9.95. The van der Waals surface area contributed by atoms with Gasteiger partial charge in [0.05, 0.1) is 0 Å². The third-order valence-electron chi connectivity index (χ3n) is 3.39. The fourth-order valence-corrected chi connectivity index (χ4v) is 2.63. The van der Waals surface area contributed by atoms with Crippen LogP contribution >= 0.6 is 0 Å². The summed E-state index contributed by atoms with van der Waals surface area (Å²) >= 11 is 0. The standard InChI is InChI=1S/C15H30N2O/c1-12(2)10-17(11-13(3)4)15(18)8-14-6-5-7-16-9-14/h12-14,16H,5-11H2,1-4H3. The first-order chi connectivity index (χ1) is 8.49. The smallest absolute Gasteiger partial charge is 0.222 e. The molecule has 1 unspecified atom stereocenters. The topological polar surface area (TPSA) is 32.3 Å². The number of carbonyl (C=O) groups excluding carboxylic acids is 1. The molecule has 1 fully saturated rings. The summed E-state index contributed by atoms with van der Waals surface area (Å²) in [6.07, 6.45) is 3.15. The molecule has 3 heteroatoms. The van der Waals surface area contributed by atoms with E-state index in [9.17, 15) is 4.79 Å². The van der Waals surface area contributed by atoms with E-state index in [0.29, 0.717) is 23.7 Å². The van der Waals surface area contributed by atoms with Gasteiger partial charge in [0.15, 0.2) is 0 Å². The van der Waals surface area contributed by atoms with Crippen molar-refractivity contribution in [2.45, 2.75) is 47.0 Å². The van der Waals surface area contributed by atoms with Crippen molar-refractivity contribution in [2.75, 3.05) is 26.2 Å². The van der Waals surface area contributed by atoms with Crippen LogP contribution < -0.4 is 5.32 Å². The highest BCUT2D eigenvalue weighted by Crippen LogP contribution is 2.16. The highest BCUT2D eigenvalue weighted by molar-refractivity contribution is 5.76. The van der Waals surface area contributed by atoms with Gasteiger partial charge in [0.2, 0.25) is 5.91 Å². The Bertz CT molecular complexity index is 235. The van der Waals surface area contributed by atoms with E-state index in [1.807, 2.05) is 0 Å². The normalized spacial score (nSPS) is 20.4. The second-order valence-electron chi connectivity index (χ2n) is 6.50. The molecule has 1 rings (SSSR count). The fraction of sp³-hybridized carbons (Fsp3) is 0.933. The van der Waals surface area contributed by atoms with Crippen LogP contribution in [0.25, 0.3) is 0 Å². The number of carbonyl (C=O) groups is 1. The summed E-state index contributed by atoms with van der Waals surface area (Å²) in [7, 11) is 0. The minimum absolute atomic E-state index is 0.353. The van der Waals surface area contributed by atoms with Gasteiger partial charge in [-0.1, -0.05) is 27.7 Å². The van der Waals surface area contributed by atoms with Crippen LogP contribution in [0.3, 0.4) is 0 Å². The van der Waals surface area contributed by atoms with Gasteiger partial charge in [-0.15, -0.1) is 0 Å². The first kappa shape index (κ1) is 15.5. The Morgan fingerprint density at radius 2 is 1.83 bits per heavy atom. The Morgan fingerprint density at radius 1 is 1.22 bits per heavy atom. The molecule has 1 aliphatic rings. The molecule has 1 heterocycles. The summed E-state index contributed by atoms with van der Waals surface area (Å²) < 4.78 is 0. The van der Waals surface area contributed by atoms with Crippen molar-refractivity contribution in [3.05, 3.63) is 0 Å². The lowest BCUT2D eigenvalue weighted by molar-refractivity contribution is -0.133. The minimum atomic E-state index is 0.353. The summed E-state index contributed by atoms with van der Waals surface area (Å²) in [5.41, 5.74) is 0. The molecule has 1 N–H and O–H groups in total. The summed E-state index contributed by atoms with van der Waals surface area (Å²) in [5, 5.41) is 3.39. The average Bonchev–Trinajstić information content (AvgIpc) is 2.28. The lowest BCUT2D eigenvalue weighted by Gasteiger charge is -2.29. The van der Waals surface area contributed by atoms with Crippen LogP contribution in [0, 0.1) is 17.8 Å². The molecule has 1 saturated heterocycles. The number of amides is 1. The van der Waals surface area contributed by atoms with Gasteiger partial charge in [-0.05, 0) is 43.7 Å². The van der Waals surface area contributed by atoms with Crippen molar-refractivity contribution in [3.63, 3.8) is 0 Å². The Labute approximate surface area is 112 Å². The Hall–Kier alpha value is -0.570. The largest absolute Gasteiger partial charge is 0.342 e. The maximum atomic E-state index is 12.4. The summed E-state index contributed by atoms with van der Waals surface area (Å²) in [6, 6.07) is 0. The zero-order valence-corrected chi connectivity index (χ0v) is 12.5. The third kappa shape index (κ3) is 5.85. The molecule has 0 aromatic heterocycles. The van der Waals surface area contributed by atoms with Crippen molar-refractivity contribution >= 4 is 5.91 Å². The van der Waals surface area contributed by atoms with Gasteiger partial charge < -0.3 is 10.2 Å². The van der Waals surface area contributed by atoms with Crippen LogP contribution in [0.15, 0.2) is 0 Å². The maximum absolute atomic E-state index is 12.4. The molecule has 0 radical (unpaired) electrons. The molecule has 1 aliphatic heterocycles. The molecule has 0 saturated carbocycles. The molecular weight excluding hydrogens is 224 g/mol. The SMILES string of the molecule is CC(C)CN(CC(C)C)C(=O)CC1CCCNC1. The second-order valence-corrected chi connectivity index (χ2v) is 6.50. The first-order valence-corrected chi connectivity index (χ1v) is 7.47. The van der Waals surface area contributed by atoms with Gasteiger partial charge in [-0.25, -0.2) is 0 Å². The van der Waals surface area contributed by atoms with Crippen LogP contribution in [-0.4, -0.2) is 37.0 Å². The van der Waals surface area contributed by atoms with E-state index in [1.54, 1.807) is 0 Å². The Balaban J connectivity index is 2.46. The number of piperidine rings is 1. The monoisotopic (exact) mass is 254 g/mol. The van der Waals surface area contributed by atoms with Crippen molar-refractivity contribution < 1.29 is 4.79 Å². The van der Waals surface area contributed by atoms with Gasteiger partial charge in [0, 0.05) is 19.5 Å². The number of hydrogen-bond acceptors (Lipinski definition) is 2. The quantitative estimate of drug-likeness (QED) is 0.790. The summed E-state index contributed by atoms with van der Waals surface area (Å²) in [5.74, 6) is 2.01. The van der Waals surface area contributed by atoms with E-state index in [1.165, 1.54) is 12.8 Å². The van der Waals surface area contributed by atoms with Gasteiger partial charge in [-0.2, -0.15) is 0 Å². The van der Waals surface area contributed by atoms with Gasteiger partial charge in [0.25, 0.3) is 0 Å². The van der Waals surface area contributed by atoms with E-state index < -0.39 is 0 Å².